The maximum atomic E-state index is 11.3. The molecule has 1 atom stereocenters. The molecule has 0 aromatic heterocycles. The quantitative estimate of drug-likeness (QED) is 0.450. The maximum Gasteiger partial charge on any atom is 0.326 e. The van der Waals surface area contributed by atoms with Crippen LogP contribution < -0.4 is 16.0 Å². The second kappa shape index (κ2) is 8.14. The number of carboxylic acids is 1. The van der Waals surface area contributed by atoms with E-state index in [1.54, 1.807) is 0 Å². The van der Waals surface area contributed by atoms with Crippen LogP contribution in [0.25, 0.3) is 0 Å². The standard InChI is InChI=1S/C10H17N3O4/c1-3-4-7(9(15)16)13-10(17)12-6-5-8(14)11-2/h3,7H,1,4-6H2,2H3,(H,11,14)(H,15,16)(H2,12,13,17). The third-order valence-electron chi connectivity index (χ3n) is 1.92. The molecule has 0 aromatic rings. The summed E-state index contributed by atoms with van der Waals surface area (Å²) < 4.78 is 0. The highest BCUT2D eigenvalue weighted by Crippen LogP contribution is 1.92. The topological polar surface area (TPSA) is 108 Å². The summed E-state index contributed by atoms with van der Waals surface area (Å²) in [5.41, 5.74) is 0. The summed E-state index contributed by atoms with van der Waals surface area (Å²) in [5, 5.41) is 15.8. The van der Waals surface area contributed by atoms with Crippen molar-refractivity contribution in [3.8, 4) is 0 Å². The van der Waals surface area contributed by atoms with Crippen molar-refractivity contribution >= 4 is 17.9 Å². The molecule has 0 aromatic carbocycles. The number of rotatable bonds is 7. The van der Waals surface area contributed by atoms with Crippen molar-refractivity contribution in [2.24, 2.45) is 0 Å². The molecule has 0 saturated heterocycles. The van der Waals surface area contributed by atoms with Gasteiger partial charge in [-0.2, -0.15) is 0 Å². The van der Waals surface area contributed by atoms with E-state index >= 15 is 0 Å². The summed E-state index contributed by atoms with van der Waals surface area (Å²) in [6.07, 6.45) is 1.69. The molecule has 0 aliphatic carbocycles. The van der Waals surface area contributed by atoms with Crippen molar-refractivity contribution in [1.29, 1.82) is 0 Å². The molecule has 0 radical (unpaired) electrons. The van der Waals surface area contributed by atoms with Gasteiger partial charge in [0.2, 0.25) is 5.91 Å². The van der Waals surface area contributed by atoms with Gasteiger partial charge in [0, 0.05) is 20.0 Å². The highest BCUT2D eigenvalue weighted by molar-refractivity contribution is 5.83. The van der Waals surface area contributed by atoms with E-state index in [9.17, 15) is 14.4 Å². The third-order valence-corrected chi connectivity index (χ3v) is 1.92. The molecule has 0 aliphatic rings. The lowest BCUT2D eigenvalue weighted by molar-refractivity contribution is -0.139. The average molecular weight is 243 g/mol. The van der Waals surface area contributed by atoms with Crippen LogP contribution in [0, 0.1) is 0 Å². The van der Waals surface area contributed by atoms with E-state index in [0.29, 0.717) is 0 Å². The molecule has 0 bridgehead atoms. The van der Waals surface area contributed by atoms with Crippen LogP contribution in [-0.4, -0.2) is 42.6 Å². The van der Waals surface area contributed by atoms with E-state index in [1.165, 1.54) is 13.1 Å². The molecular formula is C10H17N3O4. The predicted molar refractivity (Wildman–Crippen MR) is 61.5 cm³/mol. The number of carbonyl (C=O) groups excluding carboxylic acids is 2. The van der Waals surface area contributed by atoms with Crippen molar-refractivity contribution in [3.05, 3.63) is 12.7 Å². The Bertz CT molecular complexity index is 304. The van der Waals surface area contributed by atoms with Crippen molar-refractivity contribution in [2.45, 2.75) is 18.9 Å². The van der Waals surface area contributed by atoms with Gasteiger partial charge in [0.15, 0.2) is 0 Å². The first kappa shape index (κ1) is 14.9. The fourth-order valence-electron chi connectivity index (χ4n) is 1.01. The number of carbonyl (C=O) groups is 3. The molecule has 0 heterocycles. The van der Waals surface area contributed by atoms with Gasteiger partial charge in [0.25, 0.3) is 0 Å². The third kappa shape index (κ3) is 6.93. The van der Waals surface area contributed by atoms with Crippen LogP contribution >= 0.6 is 0 Å². The first-order valence-electron chi connectivity index (χ1n) is 5.10. The monoisotopic (exact) mass is 243 g/mol. The molecule has 4 N–H and O–H groups in total. The smallest absolute Gasteiger partial charge is 0.326 e. The molecule has 0 saturated carbocycles. The number of amides is 3. The molecule has 7 nitrogen and oxygen atoms in total. The fraction of sp³-hybridized carbons (Fsp3) is 0.500. The van der Waals surface area contributed by atoms with Gasteiger partial charge in [-0.1, -0.05) is 6.08 Å². The summed E-state index contributed by atoms with van der Waals surface area (Å²) >= 11 is 0. The normalized spacial score (nSPS) is 11.1. The summed E-state index contributed by atoms with van der Waals surface area (Å²) in [6.45, 7) is 3.54. The van der Waals surface area contributed by atoms with Crippen LogP contribution in [0.2, 0.25) is 0 Å². The fourth-order valence-corrected chi connectivity index (χ4v) is 1.01. The Kier molecular flexibility index (Phi) is 7.16. The first-order valence-corrected chi connectivity index (χ1v) is 5.10. The van der Waals surface area contributed by atoms with Crippen molar-refractivity contribution in [1.82, 2.24) is 16.0 Å². The molecule has 1 unspecified atom stereocenters. The van der Waals surface area contributed by atoms with Crippen LogP contribution in [0.3, 0.4) is 0 Å². The molecule has 96 valence electrons. The second-order valence-corrected chi connectivity index (χ2v) is 3.24. The van der Waals surface area contributed by atoms with Crippen LogP contribution in [-0.2, 0) is 9.59 Å². The zero-order valence-corrected chi connectivity index (χ0v) is 9.66. The minimum absolute atomic E-state index is 0.137. The van der Waals surface area contributed by atoms with E-state index < -0.39 is 18.0 Å². The summed E-state index contributed by atoms with van der Waals surface area (Å²) in [5.74, 6) is -1.34. The number of hydrogen-bond donors (Lipinski definition) is 4. The summed E-state index contributed by atoms with van der Waals surface area (Å²) in [7, 11) is 1.49. The summed E-state index contributed by atoms with van der Waals surface area (Å²) in [4.78, 5) is 32.8. The highest BCUT2D eigenvalue weighted by atomic mass is 16.4. The number of carboxylic acid groups (broad SMARTS) is 1. The van der Waals surface area contributed by atoms with E-state index in [0.717, 1.165) is 0 Å². The van der Waals surface area contributed by atoms with Gasteiger partial charge in [-0.05, 0) is 6.42 Å². The Hall–Kier alpha value is -2.05. The van der Waals surface area contributed by atoms with E-state index in [4.69, 9.17) is 5.11 Å². The Labute approximate surface area is 99.3 Å². The zero-order valence-electron chi connectivity index (χ0n) is 9.66. The minimum atomic E-state index is -1.13. The Morgan fingerprint density at radius 2 is 2.06 bits per heavy atom. The molecule has 7 heteroatoms. The van der Waals surface area contributed by atoms with Crippen molar-refractivity contribution in [3.63, 3.8) is 0 Å². The van der Waals surface area contributed by atoms with Gasteiger partial charge in [0.1, 0.15) is 6.04 Å². The molecule has 17 heavy (non-hydrogen) atoms. The molecular weight excluding hydrogens is 226 g/mol. The van der Waals surface area contributed by atoms with Gasteiger partial charge in [-0.25, -0.2) is 9.59 Å². The largest absolute Gasteiger partial charge is 0.480 e. The molecule has 0 fully saturated rings. The van der Waals surface area contributed by atoms with Gasteiger partial charge in [0.05, 0.1) is 0 Å². The van der Waals surface area contributed by atoms with Gasteiger partial charge in [-0.15, -0.1) is 6.58 Å². The number of nitrogens with one attached hydrogen (secondary N) is 3. The predicted octanol–water partition coefficient (Wildman–Crippen LogP) is -0.549. The van der Waals surface area contributed by atoms with Gasteiger partial charge in [-0.3, -0.25) is 4.79 Å². The lowest BCUT2D eigenvalue weighted by Crippen LogP contribution is -2.46. The minimum Gasteiger partial charge on any atom is -0.480 e. The van der Waals surface area contributed by atoms with Gasteiger partial charge >= 0.3 is 12.0 Å². The number of aliphatic carboxylic acids is 1. The van der Waals surface area contributed by atoms with Crippen LogP contribution in [0.1, 0.15) is 12.8 Å². The van der Waals surface area contributed by atoms with E-state index in [2.05, 4.69) is 22.5 Å². The lowest BCUT2D eigenvalue weighted by Gasteiger charge is -2.13. The van der Waals surface area contributed by atoms with Crippen molar-refractivity contribution < 1.29 is 19.5 Å². The van der Waals surface area contributed by atoms with E-state index in [-0.39, 0.29) is 25.3 Å². The molecule has 0 rings (SSSR count). The van der Waals surface area contributed by atoms with E-state index in [1.807, 2.05) is 0 Å². The van der Waals surface area contributed by atoms with Crippen LogP contribution in [0.5, 0.6) is 0 Å². The Balaban J connectivity index is 3.94. The molecule has 3 amide bonds. The Morgan fingerprint density at radius 3 is 2.53 bits per heavy atom. The van der Waals surface area contributed by atoms with Gasteiger partial charge < -0.3 is 21.1 Å². The van der Waals surface area contributed by atoms with Crippen LogP contribution in [0.15, 0.2) is 12.7 Å². The number of urea groups is 1. The molecule has 0 spiro atoms. The first-order chi connectivity index (χ1) is 8.01. The SMILES string of the molecule is C=CCC(NC(=O)NCCC(=O)NC)C(=O)O. The highest BCUT2D eigenvalue weighted by Gasteiger charge is 2.17. The summed E-state index contributed by atoms with van der Waals surface area (Å²) in [6, 6.07) is -1.63. The number of hydrogen-bond acceptors (Lipinski definition) is 3. The zero-order chi connectivity index (χ0) is 13.3. The van der Waals surface area contributed by atoms with Crippen molar-refractivity contribution in [2.75, 3.05) is 13.6 Å². The Morgan fingerprint density at radius 1 is 1.41 bits per heavy atom. The van der Waals surface area contributed by atoms with Crippen LogP contribution in [0.4, 0.5) is 4.79 Å². The molecule has 0 aliphatic heterocycles. The lowest BCUT2D eigenvalue weighted by atomic mass is 10.2. The maximum absolute atomic E-state index is 11.3. The second-order valence-electron chi connectivity index (χ2n) is 3.24. The average Bonchev–Trinajstić information content (AvgIpc) is 2.28.